The lowest BCUT2D eigenvalue weighted by atomic mass is 10.2. The van der Waals surface area contributed by atoms with Crippen LogP contribution in [0, 0.1) is 0 Å². The Morgan fingerprint density at radius 1 is 1.42 bits per heavy atom. The Morgan fingerprint density at radius 3 is 2.68 bits per heavy atom. The van der Waals surface area contributed by atoms with Crippen LogP contribution in [0.25, 0.3) is 0 Å². The highest BCUT2D eigenvalue weighted by molar-refractivity contribution is 9.10. The van der Waals surface area contributed by atoms with Gasteiger partial charge in [0.25, 0.3) is 0 Å². The van der Waals surface area contributed by atoms with Crippen molar-refractivity contribution in [3.05, 3.63) is 28.2 Å². The molecule has 1 rings (SSSR count). The molecule has 0 spiro atoms. The maximum Gasteiger partial charge on any atom is 0.242 e. The Kier molecular flexibility index (Phi) is 6.41. The fourth-order valence-corrected chi connectivity index (χ4v) is 3.92. The van der Waals surface area contributed by atoms with Crippen LogP contribution in [-0.2, 0) is 21.3 Å². The number of benzene rings is 1. The number of hydrogen-bond acceptors (Lipinski definition) is 4. The van der Waals surface area contributed by atoms with Crippen LogP contribution in [0.2, 0.25) is 0 Å². The zero-order valence-corrected chi connectivity index (χ0v) is 13.6. The van der Waals surface area contributed by atoms with E-state index in [1.54, 1.807) is 19.1 Å². The van der Waals surface area contributed by atoms with Gasteiger partial charge in [0.15, 0.2) is 0 Å². The second-order valence-electron chi connectivity index (χ2n) is 4.27. The van der Waals surface area contributed by atoms with Crippen molar-refractivity contribution in [2.24, 2.45) is 0 Å². The number of sulfonamides is 1. The van der Waals surface area contributed by atoms with Crippen molar-refractivity contribution in [2.75, 3.05) is 20.8 Å². The van der Waals surface area contributed by atoms with Gasteiger partial charge in [0.05, 0.1) is 11.5 Å². The van der Waals surface area contributed by atoms with Gasteiger partial charge >= 0.3 is 0 Å². The van der Waals surface area contributed by atoms with Gasteiger partial charge in [-0.05, 0) is 47.6 Å². The van der Waals surface area contributed by atoms with Crippen LogP contribution < -0.4 is 10.0 Å². The molecule has 0 aliphatic rings. The molecule has 1 aromatic rings. The zero-order chi connectivity index (χ0) is 14.5. The monoisotopic (exact) mass is 350 g/mol. The highest BCUT2D eigenvalue weighted by Crippen LogP contribution is 2.23. The first-order valence-electron chi connectivity index (χ1n) is 5.85. The summed E-state index contributed by atoms with van der Waals surface area (Å²) in [6.45, 7) is 2.70. The highest BCUT2D eigenvalue weighted by Gasteiger charge is 2.20. The molecule has 1 aromatic carbocycles. The largest absolute Gasteiger partial charge is 0.383 e. The van der Waals surface area contributed by atoms with Gasteiger partial charge < -0.3 is 10.1 Å². The molecule has 0 aromatic heterocycles. The van der Waals surface area contributed by atoms with Crippen molar-refractivity contribution >= 4 is 26.0 Å². The van der Waals surface area contributed by atoms with E-state index >= 15 is 0 Å². The van der Waals surface area contributed by atoms with E-state index in [4.69, 9.17) is 4.74 Å². The molecule has 0 saturated carbocycles. The number of rotatable bonds is 7. The molecule has 0 aliphatic heterocycles. The van der Waals surface area contributed by atoms with Gasteiger partial charge in [-0.15, -0.1) is 0 Å². The summed E-state index contributed by atoms with van der Waals surface area (Å²) in [6.07, 6.45) is 0. The van der Waals surface area contributed by atoms with Crippen molar-refractivity contribution in [3.8, 4) is 0 Å². The van der Waals surface area contributed by atoms with E-state index in [9.17, 15) is 8.42 Å². The Labute approximate surface area is 122 Å². The molecule has 7 heteroatoms. The van der Waals surface area contributed by atoms with E-state index < -0.39 is 10.0 Å². The van der Waals surface area contributed by atoms with E-state index in [0.717, 1.165) is 5.56 Å². The smallest absolute Gasteiger partial charge is 0.242 e. The fourth-order valence-electron chi connectivity index (χ4n) is 1.68. The van der Waals surface area contributed by atoms with Crippen LogP contribution >= 0.6 is 15.9 Å². The van der Waals surface area contributed by atoms with E-state index in [0.29, 0.717) is 17.6 Å². The number of methoxy groups -OCH3 is 1. The van der Waals surface area contributed by atoms with Crippen LogP contribution in [0.5, 0.6) is 0 Å². The zero-order valence-electron chi connectivity index (χ0n) is 11.2. The molecule has 1 unspecified atom stereocenters. The maximum absolute atomic E-state index is 12.3. The summed E-state index contributed by atoms with van der Waals surface area (Å²) in [5.41, 5.74) is 0.908. The summed E-state index contributed by atoms with van der Waals surface area (Å²) < 4.78 is 32.6. The molecule has 0 fully saturated rings. The number of hydrogen-bond donors (Lipinski definition) is 2. The summed E-state index contributed by atoms with van der Waals surface area (Å²) in [5, 5.41) is 2.99. The standard InChI is InChI=1S/C12H19BrN2O3S/c1-9(8-18-3)15-19(16,17)12-6-10(7-14-2)4-5-11(12)13/h4-6,9,14-15H,7-8H2,1-3H3. The fraction of sp³-hybridized carbons (Fsp3) is 0.500. The second-order valence-corrected chi connectivity index (χ2v) is 6.81. The number of ether oxygens (including phenoxy) is 1. The van der Waals surface area contributed by atoms with Gasteiger partial charge in [0, 0.05) is 24.2 Å². The van der Waals surface area contributed by atoms with E-state index in [2.05, 4.69) is 26.0 Å². The Balaban J connectivity index is 3.02. The third kappa shape index (κ3) is 4.85. The quantitative estimate of drug-likeness (QED) is 0.781. The molecule has 0 bridgehead atoms. The second kappa shape index (κ2) is 7.35. The Morgan fingerprint density at radius 2 is 2.11 bits per heavy atom. The van der Waals surface area contributed by atoms with Gasteiger partial charge in [0.1, 0.15) is 0 Å². The first-order chi connectivity index (χ1) is 8.90. The van der Waals surface area contributed by atoms with Gasteiger partial charge in [-0.2, -0.15) is 0 Å². The van der Waals surface area contributed by atoms with Crippen LogP contribution in [0.15, 0.2) is 27.6 Å². The molecule has 0 aliphatic carbocycles. The van der Waals surface area contributed by atoms with E-state index in [-0.39, 0.29) is 10.9 Å². The molecule has 108 valence electrons. The van der Waals surface area contributed by atoms with Crippen molar-refractivity contribution in [1.82, 2.24) is 10.0 Å². The third-order valence-corrected chi connectivity index (χ3v) is 5.02. The molecule has 0 saturated heterocycles. The molecule has 5 nitrogen and oxygen atoms in total. The van der Waals surface area contributed by atoms with Gasteiger partial charge in [-0.3, -0.25) is 0 Å². The maximum atomic E-state index is 12.3. The van der Waals surface area contributed by atoms with Crippen molar-refractivity contribution in [3.63, 3.8) is 0 Å². The number of halogens is 1. The van der Waals surface area contributed by atoms with E-state index in [1.165, 1.54) is 7.11 Å². The average Bonchev–Trinajstić information content (AvgIpc) is 2.31. The first kappa shape index (κ1) is 16.6. The van der Waals surface area contributed by atoms with Gasteiger partial charge in [-0.25, -0.2) is 13.1 Å². The van der Waals surface area contributed by atoms with Gasteiger partial charge in [0.2, 0.25) is 10.0 Å². The van der Waals surface area contributed by atoms with Crippen molar-refractivity contribution < 1.29 is 13.2 Å². The molecular weight excluding hydrogens is 332 g/mol. The summed E-state index contributed by atoms with van der Waals surface area (Å²) in [5.74, 6) is 0. The SMILES string of the molecule is CNCc1ccc(Br)c(S(=O)(=O)NC(C)COC)c1. The Bertz CT molecular complexity index is 520. The minimum atomic E-state index is -3.56. The summed E-state index contributed by atoms with van der Waals surface area (Å²) in [6, 6.07) is 4.98. The van der Waals surface area contributed by atoms with Crippen molar-refractivity contribution in [1.29, 1.82) is 0 Å². The summed E-state index contributed by atoms with van der Waals surface area (Å²) in [4.78, 5) is 0.239. The lowest BCUT2D eigenvalue weighted by Crippen LogP contribution is -2.35. The lowest BCUT2D eigenvalue weighted by Gasteiger charge is -2.15. The summed E-state index contributed by atoms with van der Waals surface area (Å²) >= 11 is 3.28. The predicted molar refractivity (Wildman–Crippen MR) is 78.6 cm³/mol. The predicted octanol–water partition coefficient (Wildman–Crippen LogP) is 1.48. The van der Waals surface area contributed by atoms with Crippen LogP contribution in [0.3, 0.4) is 0 Å². The molecule has 0 amide bonds. The molecule has 0 radical (unpaired) electrons. The van der Waals surface area contributed by atoms with Crippen molar-refractivity contribution in [2.45, 2.75) is 24.4 Å². The molecule has 19 heavy (non-hydrogen) atoms. The number of nitrogens with one attached hydrogen (secondary N) is 2. The first-order valence-corrected chi connectivity index (χ1v) is 8.12. The average molecular weight is 351 g/mol. The Hall–Kier alpha value is -0.470. The highest BCUT2D eigenvalue weighted by atomic mass is 79.9. The minimum Gasteiger partial charge on any atom is -0.383 e. The van der Waals surface area contributed by atoms with Gasteiger partial charge in [-0.1, -0.05) is 6.07 Å². The van der Waals surface area contributed by atoms with Crippen LogP contribution in [-0.4, -0.2) is 35.2 Å². The molecular formula is C12H19BrN2O3S. The topological polar surface area (TPSA) is 67.4 Å². The summed E-state index contributed by atoms with van der Waals surface area (Å²) in [7, 11) is -0.207. The van der Waals surface area contributed by atoms with Crippen LogP contribution in [0.1, 0.15) is 12.5 Å². The molecule has 0 heterocycles. The third-order valence-electron chi connectivity index (χ3n) is 2.44. The minimum absolute atomic E-state index is 0.239. The molecule has 2 N–H and O–H groups in total. The normalized spacial score (nSPS) is 13.5. The molecule has 1 atom stereocenters. The van der Waals surface area contributed by atoms with E-state index in [1.807, 2.05) is 13.1 Å². The van der Waals surface area contributed by atoms with Crippen LogP contribution in [0.4, 0.5) is 0 Å². The lowest BCUT2D eigenvalue weighted by molar-refractivity contribution is 0.180.